The minimum absolute atomic E-state index is 0.0141. The summed E-state index contributed by atoms with van der Waals surface area (Å²) in [6.45, 7) is 1.99. The fourth-order valence-electron chi connectivity index (χ4n) is 2.99. The zero-order valence-electron chi connectivity index (χ0n) is 13.4. The van der Waals surface area contributed by atoms with Crippen molar-refractivity contribution in [2.24, 2.45) is 0 Å². The molecule has 0 saturated carbocycles. The van der Waals surface area contributed by atoms with Crippen molar-refractivity contribution in [3.8, 4) is 0 Å². The van der Waals surface area contributed by atoms with Gasteiger partial charge in [0, 0.05) is 12.7 Å². The number of nitrogens with zero attached hydrogens (tertiary/aromatic N) is 3. The van der Waals surface area contributed by atoms with Crippen LogP contribution in [0.3, 0.4) is 0 Å². The van der Waals surface area contributed by atoms with E-state index in [1.165, 1.54) is 4.90 Å². The van der Waals surface area contributed by atoms with E-state index in [1.807, 2.05) is 0 Å². The molecular weight excluding hydrogens is 341 g/mol. The first-order valence-electron chi connectivity index (χ1n) is 7.73. The van der Waals surface area contributed by atoms with Crippen LogP contribution in [0.2, 0.25) is 0 Å². The van der Waals surface area contributed by atoms with E-state index in [2.05, 4.69) is 15.1 Å². The molecule has 136 valence electrons. The number of amides is 1. The van der Waals surface area contributed by atoms with Crippen LogP contribution in [-0.4, -0.2) is 49.7 Å². The van der Waals surface area contributed by atoms with Crippen molar-refractivity contribution in [1.82, 2.24) is 20.0 Å². The average Bonchev–Trinajstić information content (AvgIpc) is 3.15. The lowest BCUT2D eigenvalue weighted by molar-refractivity contribution is -0.140. The highest BCUT2D eigenvalue weighted by Crippen LogP contribution is 2.30. The number of hydrogen-bond donors (Lipinski definition) is 2. The number of aromatic amines is 1. The van der Waals surface area contributed by atoms with Gasteiger partial charge in [-0.25, -0.2) is 0 Å². The van der Waals surface area contributed by atoms with Crippen molar-refractivity contribution in [3.05, 3.63) is 35.2 Å². The Morgan fingerprint density at radius 2 is 2.28 bits per heavy atom. The number of H-pyrrole nitrogens is 1. The summed E-state index contributed by atoms with van der Waals surface area (Å²) in [7, 11) is 0. The number of nitrogens with one attached hydrogen (secondary N) is 1. The molecule has 3 rings (SSSR count). The molecule has 1 aliphatic heterocycles. The number of aliphatic hydroxyl groups is 1. The zero-order valence-corrected chi connectivity index (χ0v) is 13.4. The maximum atomic E-state index is 12.7. The average molecular weight is 358 g/mol. The van der Waals surface area contributed by atoms with E-state index in [0.29, 0.717) is 25.2 Å². The van der Waals surface area contributed by atoms with Gasteiger partial charge >= 0.3 is 6.18 Å². The molecule has 1 amide bonds. The third-order valence-electron chi connectivity index (χ3n) is 4.13. The van der Waals surface area contributed by atoms with Crippen LogP contribution in [0.25, 0.3) is 0 Å². The van der Waals surface area contributed by atoms with Crippen LogP contribution in [0.15, 0.2) is 16.8 Å². The number of hydrogen-bond acceptors (Lipinski definition) is 5. The second kappa shape index (κ2) is 6.17. The smallest absolute Gasteiger partial charge is 0.388 e. The molecular formula is C15H17F3N4O3. The van der Waals surface area contributed by atoms with Gasteiger partial charge in [0.2, 0.25) is 5.89 Å². The second-order valence-corrected chi connectivity index (χ2v) is 6.27. The van der Waals surface area contributed by atoms with E-state index < -0.39 is 23.4 Å². The topological polar surface area (TPSA) is 95.3 Å². The van der Waals surface area contributed by atoms with Gasteiger partial charge in [0.1, 0.15) is 5.69 Å². The molecule has 0 bridgehead atoms. The second-order valence-electron chi connectivity index (χ2n) is 6.27. The SMILES string of the molecule is Cc1noc(CC2(O)CCCN(C(=O)c3c[nH]c(C(F)(F)F)c3)C2)n1. The fraction of sp³-hybridized carbons (Fsp3) is 0.533. The normalized spacial score (nSPS) is 21.6. The van der Waals surface area contributed by atoms with Crippen LogP contribution in [0.1, 0.15) is 40.6 Å². The molecule has 3 heterocycles. The maximum Gasteiger partial charge on any atom is 0.431 e. The van der Waals surface area contributed by atoms with Crippen LogP contribution < -0.4 is 0 Å². The lowest BCUT2D eigenvalue weighted by Crippen LogP contribution is -2.51. The first-order chi connectivity index (χ1) is 11.7. The number of aryl methyl sites for hydroxylation is 1. The molecule has 2 aromatic rings. The van der Waals surface area contributed by atoms with Crippen LogP contribution in [0.4, 0.5) is 13.2 Å². The highest BCUT2D eigenvalue weighted by molar-refractivity contribution is 5.94. The summed E-state index contributed by atoms with van der Waals surface area (Å²) < 4.78 is 43.0. The van der Waals surface area contributed by atoms with E-state index in [0.717, 1.165) is 12.3 Å². The third-order valence-corrected chi connectivity index (χ3v) is 4.13. The maximum absolute atomic E-state index is 12.7. The Morgan fingerprint density at radius 1 is 1.52 bits per heavy atom. The molecule has 10 heteroatoms. The predicted molar refractivity (Wildman–Crippen MR) is 78.6 cm³/mol. The van der Waals surface area contributed by atoms with Gasteiger partial charge in [-0.3, -0.25) is 4.79 Å². The Balaban J connectivity index is 1.72. The van der Waals surface area contributed by atoms with Crippen molar-refractivity contribution >= 4 is 5.91 Å². The third kappa shape index (κ3) is 3.84. The van der Waals surface area contributed by atoms with Gasteiger partial charge in [0.15, 0.2) is 5.82 Å². The summed E-state index contributed by atoms with van der Waals surface area (Å²) in [6.07, 6.45) is -2.49. The fourth-order valence-corrected chi connectivity index (χ4v) is 2.99. The molecule has 1 saturated heterocycles. The Kier molecular flexibility index (Phi) is 4.31. The minimum Gasteiger partial charge on any atom is -0.388 e. The summed E-state index contributed by atoms with van der Waals surface area (Å²) in [4.78, 5) is 19.9. The summed E-state index contributed by atoms with van der Waals surface area (Å²) in [5.74, 6) is 0.135. The molecule has 1 fully saturated rings. The van der Waals surface area contributed by atoms with E-state index in [9.17, 15) is 23.1 Å². The number of aromatic nitrogens is 3. The van der Waals surface area contributed by atoms with Crippen molar-refractivity contribution in [1.29, 1.82) is 0 Å². The molecule has 2 N–H and O–H groups in total. The quantitative estimate of drug-likeness (QED) is 0.874. The molecule has 0 spiro atoms. The van der Waals surface area contributed by atoms with Crippen LogP contribution >= 0.6 is 0 Å². The number of carbonyl (C=O) groups is 1. The van der Waals surface area contributed by atoms with E-state index in [-0.39, 0.29) is 24.4 Å². The minimum atomic E-state index is -4.54. The van der Waals surface area contributed by atoms with Crippen molar-refractivity contribution in [2.75, 3.05) is 13.1 Å². The lowest BCUT2D eigenvalue weighted by Gasteiger charge is -2.38. The number of piperidine rings is 1. The number of rotatable bonds is 3. The molecule has 2 aromatic heterocycles. The van der Waals surface area contributed by atoms with Crippen LogP contribution in [0, 0.1) is 6.92 Å². The predicted octanol–water partition coefficient (Wildman–Crippen LogP) is 1.93. The summed E-state index contributed by atoms with van der Waals surface area (Å²) in [5.41, 5.74) is -2.33. The Bertz CT molecular complexity index is 770. The van der Waals surface area contributed by atoms with Gasteiger partial charge in [0.05, 0.1) is 24.1 Å². The first kappa shape index (κ1) is 17.5. The summed E-state index contributed by atoms with van der Waals surface area (Å²) in [6, 6.07) is 0.775. The van der Waals surface area contributed by atoms with Gasteiger partial charge in [-0.1, -0.05) is 5.16 Å². The number of likely N-dealkylation sites (tertiary alicyclic amines) is 1. The largest absolute Gasteiger partial charge is 0.431 e. The number of β-amino-alcohol motifs (C(OH)–C–C–N with tert-alkyl or cyclic N) is 1. The van der Waals surface area contributed by atoms with Gasteiger partial charge in [-0.05, 0) is 25.8 Å². The Morgan fingerprint density at radius 3 is 2.88 bits per heavy atom. The van der Waals surface area contributed by atoms with E-state index in [1.54, 1.807) is 6.92 Å². The number of carbonyl (C=O) groups excluding carboxylic acids is 1. The van der Waals surface area contributed by atoms with Gasteiger partial charge in [0.25, 0.3) is 5.91 Å². The van der Waals surface area contributed by atoms with Crippen molar-refractivity contribution in [2.45, 2.75) is 38.0 Å². The first-order valence-corrected chi connectivity index (χ1v) is 7.73. The molecule has 7 nitrogen and oxygen atoms in total. The highest BCUT2D eigenvalue weighted by atomic mass is 19.4. The van der Waals surface area contributed by atoms with E-state index in [4.69, 9.17) is 4.52 Å². The molecule has 0 radical (unpaired) electrons. The zero-order chi connectivity index (χ0) is 18.2. The summed E-state index contributed by atoms with van der Waals surface area (Å²) >= 11 is 0. The Labute approximate surface area is 140 Å². The van der Waals surface area contributed by atoms with Gasteiger partial charge < -0.3 is 19.5 Å². The monoisotopic (exact) mass is 358 g/mol. The molecule has 0 aliphatic carbocycles. The molecule has 1 unspecified atom stereocenters. The molecule has 25 heavy (non-hydrogen) atoms. The molecule has 1 aliphatic rings. The molecule has 0 aromatic carbocycles. The molecule has 1 atom stereocenters. The van der Waals surface area contributed by atoms with Crippen LogP contribution in [-0.2, 0) is 12.6 Å². The summed E-state index contributed by atoms with van der Waals surface area (Å²) in [5, 5.41) is 14.4. The van der Waals surface area contributed by atoms with Crippen molar-refractivity contribution in [3.63, 3.8) is 0 Å². The lowest BCUT2D eigenvalue weighted by atomic mass is 9.89. The Hall–Kier alpha value is -2.36. The van der Waals surface area contributed by atoms with Gasteiger partial charge in [-0.15, -0.1) is 0 Å². The highest BCUT2D eigenvalue weighted by Gasteiger charge is 2.38. The number of alkyl halides is 3. The van der Waals surface area contributed by atoms with Gasteiger partial charge in [-0.2, -0.15) is 18.2 Å². The van der Waals surface area contributed by atoms with Crippen LogP contribution in [0.5, 0.6) is 0 Å². The standard InChI is InChI=1S/C15H17F3N4O3/c1-9-20-12(25-21-9)6-14(24)3-2-4-22(8-14)13(23)10-5-11(19-7-10)15(16,17)18/h5,7,19,24H,2-4,6,8H2,1H3. The van der Waals surface area contributed by atoms with E-state index >= 15 is 0 Å². The number of halogens is 3. The van der Waals surface area contributed by atoms with Crippen molar-refractivity contribution < 1.29 is 27.6 Å².